The maximum atomic E-state index is 12.6. The highest BCUT2D eigenvalue weighted by atomic mass is 16.5. The minimum Gasteiger partial charge on any atom is -0.466 e. The normalized spacial score (nSPS) is 28.0. The molecule has 1 aromatic rings. The van der Waals surface area contributed by atoms with Crippen molar-refractivity contribution >= 4 is 17.6 Å². The number of primary amides is 1. The van der Waals surface area contributed by atoms with Crippen molar-refractivity contribution in [3.63, 3.8) is 0 Å². The van der Waals surface area contributed by atoms with Crippen molar-refractivity contribution in [3.05, 3.63) is 53.6 Å². The Balaban J connectivity index is 1.79. The van der Waals surface area contributed by atoms with E-state index >= 15 is 0 Å². The van der Waals surface area contributed by atoms with Gasteiger partial charge in [0, 0.05) is 5.69 Å². The second-order valence-corrected chi connectivity index (χ2v) is 7.01. The molecule has 0 saturated heterocycles. The minimum absolute atomic E-state index is 0.189. The van der Waals surface area contributed by atoms with E-state index in [1.165, 1.54) is 7.11 Å². The Kier molecular flexibility index (Phi) is 4.07. The molecule has 0 spiro atoms. The fraction of sp³-hybridized carbons (Fsp3) is 0.400. The van der Waals surface area contributed by atoms with Crippen LogP contribution in [0.5, 0.6) is 0 Å². The van der Waals surface area contributed by atoms with Crippen molar-refractivity contribution in [2.45, 2.75) is 37.0 Å². The van der Waals surface area contributed by atoms with E-state index < -0.39 is 23.6 Å². The lowest BCUT2D eigenvalue weighted by atomic mass is 9.69. The Bertz CT molecular complexity index is 797. The number of benzene rings is 1. The van der Waals surface area contributed by atoms with Gasteiger partial charge in [0.15, 0.2) is 0 Å². The maximum Gasteiger partial charge on any atom is 0.337 e. The number of nitrogens with one attached hydrogen (secondary N) is 1. The largest absolute Gasteiger partial charge is 0.466 e. The molecule has 1 amide bonds. The van der Waals surface area contributed by atoms with E-state index in [0.29, 0.717) is 5.92 Å². The van der Waals surface area contributed by atoms with Crippen LogP contribution in [0.2, 0.25) is 0 Å². The number of hydrogen-bond donors (Lipinski definition) is 2. The molecule has 3 atom stereocenters. The summed E-state index contributed by atoms with van der Waals surface area (Å²) in [6.45, 7) is 0. The third-order valence-corrected chi connectivity index (χ3v) is 5.62. The number of esters is 1. The zero-order valence-corrected chi connectivity index (χ0v) is 14.6. The molecule has 2 heterocycles. The lowest BCUT2D eigenvalue weighted by Gasteiger charge is -2.44. The van der Waals surface area contributed by atoms with E-state index in [2.05, 4.69) is 5.32 Å². The fourth-order valence-corrected chi connectivity index (χ4v) is 4.20. The molecule has 0 aromatic heterocycles. The van der Waals surface area contributed by atoms with Crippen molar-refractivity contribution in [2.24, 2.45) is 11.7 Å². The Morgan fingerprint density at radius 1 is 1.31 bits per heavy atom. The van der Waals surface area contributed by atoms with Crippen molar-refractivity contribution < 1.29 is 19.1 Å². The van der Waals surface area contributed by atoms with Crippen molar-refractivity contribution in [3.8, 4) is 0 Å². The smallest absolute Gasteiger partial charge is 0.337 e. The molecule has 6 heteroatoms. The molecular weight excluding hydrogens is 332 g/mol. The summed E-state index contributed by atoms with van der Waals surface area (Å²) >= 11 is 0. The number of amides is 1. The van der Waals surface area contributed by atoms with Crippen LogP contribution in [0.15, 0.2) is 53.6 Å². The Morgan fingerprint density at radius 3 is 2.62 bits per heavy atom. The Morgan fingerprint density at radius 2 is 2.04 bits per heavy atom. The van der Waals surface area contributed by atoms with E-state index in [1.807, 2.05) is 42.5 Å². The average molecular weight is 354 g/mol. The van der Waals surface area contributed by atoms with E-state index in [-0.39, 0.29) is 17.2 Å². The number of carbonyl (C=O) groups is 2. The number of methoxy groups -OCH3 is 1. The summed E-state index contributed by atoms with van der Waals surface area (Å²) in [5.41, 5.74) is 5.91. The lowest BCUT2D eigenvalue weighted by molar-refractivity contribution is -0.138. The van der Waals surface area contributed by atoms with Gasteiger partial charge in [0.2, 0.25) is 5.91 Å². The predicted octanol–water partition coefficient (Wildman–Crippen LogP) is 1.93. The maximum absolute atomic E-state index is 12.6. The van der Waals surface area contributed by atoms with Gasteiger partial charge in [-0.05, 0) is 37.0 Å². The summed E-state index contributed by atoms with van der Waals surface area (Å²) < 4.78 is 11.2. The quantitative estimate of drug-likeness (QED) is 0.602. The van der Waals surface area contributed by atoms with E-state index in [4.69, 9.17) is 15.2 Å². The highest BCUT2D eigenvalue weighted by molar-refractivity contribution is 6.06. The second-order valence-electron chi connectivity index (χ2n) is 7.01. The Hall–Kier alpha value is -2.60. The number of carbonyl (C=O) groups excluding carboxylic acids is 2. The third kappa shape index (κ3) is 2.44. The molecule has 136 valence electrons. The topological polar surface area (TPSA) is 90.7 Å². The first-order chi connectivity index (χ1) is 12.6. The zero-order valence-electron chi connectivity index (χ0n) is 14.6. The van der Waals surface area contributed by atoms with Crippen LogP contribution in [0.3, 0.4) is 0 Å². The monoisotopic (exact) mass is 354 g/mol. The van der Waals surface area contributed by atoms with Gasteiger partial charge < -0.3 is 20.5 Å². The van der Waals surface area contributed by atoms with Crippen LogP contribution in [0.25, 0.3) is 0 Å². The van der Waals surface area contributed by atoms with Gasteiger partial charge in [-0.2, -0.15) is 0 Å². The van der Waals surface area contributed by atoms with Crippen LogP contribution in [0.4, 0.5) is 5.69 Å². The first kappa shape index (κ1) is 16.8. The number of fused-ring (bicyclic) bond motifs is 2. The molecule has 1 aromatic carbocycles. The van der Waals surface area contributed by atoms with Gasteiger partial charge >= 0.3 is 5.97 Å². The summed E-state index contributed by atoms with van der Waals surface area (Å²) in [5, 5.41) is 3.54. The van der Waals surface area contributed by atoms with Crippen LogP contribution in [-0.2, 0) is 19.1 Å². The minimum atomic E-state index is -1.04. The molecule has 26 heavy (non-hydrogen) atoms. The number of anilines is 1. The second kappa shape index (κ2) is 6.29. The summed E-state index contributed by atoms with van der Waals surface area (Å²) in [5.74, 6) is -0.885. The molecule has 3 N–H and O–H groups in total. The van der Waals surface area contributed by atoms with Gasteiger partial charge in [-0.15, -0.1) is 0 Å². The highest BCUT2D eigenvalue weighted by Gasteiger charge is 2.59. The van der Waals surface area contributed by atoms with E-state index in [0.717, 1.165) is 24.9 Å². The summed E-state index contributed by atoms with van der Waals surface area (Å²) in [7, 11) is 1.31. The van der Waals surface area contributed by atoms with Gasteiger partial charge in [-0.1, -0.05) is 30.7 Å². The van der Waals surface area contributed by atoms with Gasteiger partial charge in [0.05, 0.1) is 24.3 Å². The summed E-state index contributed by atoms with van der Waals surface area (Å²) in [6, 6.07) is 9.61. The number of nitrogens with two attached hydrogens (primary N) is 1. The van der Waals surface area contributed by atoms with Crippen LogP contribution >= 0.6 is 0 Å². The number of hydrogen-bond acceptors (Lipinski definition) is 5. The predicted molar refractivity (Wildman–Crippen MR) is 96.2 cm³/mol. The number of rotatable bonds is 6. The van der Waals surface area contributed by atoms with E-state index in [1.54, 1.807) is 0 Å². The van der Waals surface area contributed by atoms with Crippen LogP contribution < -0.4 is 11.1 Å². The van der Waals surface area contributed by atoms with Crippen LogP contribution in [0, 0.1) is 5.92 Å². The summed E-state index contributed by atoms with van der Waals surface area (Å²) in [4.78, 5) is 24.6. The van der Waals surface area contributed by atoms with Crippen molar-refractivity contribution in [2.75, 3.05) is 12.4 Å². The highest BCUT2D eigenvalue weighted by Crippen LogP contribution is 2.50. The molecule has 3 unspecified atom stereocenters. The summed E-state index contributed by atoms with van der Waals surface area (Å²) in [6.07, 6.45) is 6.31. The molecule has 1 fully saturated rings. The molecule has 6 nitrogen and oxygen atoms in total. The Labute approximate surface area is 152 Å². The molecule has 4 rings (SSSR count). The van der Waals surface area contributed by atoms with Crippen LogP contribution in [-0.4, -0.2) is 36.7 Å². The molecule has 1 saturated carbocycles. The zero-order chi connectivity index (χ0) is 18.3. The van der Waals surface area contributed by atoms with Gasteiger partial charge in [-0.3, -0.25) is 4.79 Å². The first-order valence-corrected chi connectivity index (χ1v) is 8.88. The standard InChI is InChI=1S/C20H22N2O4/c1-25-19(24)16-15(18(21)23)14-10-11-20(16,26-14)17(12-6-5-7-12)22-13-8-3-2-4-9-13/h2-4,8-12,14,17,22H,5-7H2,1H3,(H2,21,23). The van der Waals surface area contributed by atoms with Crippen LogP contribution in [0.1, 0.15) is 19.3 Å². The van der Waals surface area contributed by atoms with Gasteiger partial charge in [-0.25, -0.2) is 4.79 Å². The first-order valence-electron chi connectivity index (χ1n) is 8.88. The molecule has 3 aliphatic rings. The molecule has 1 aliphatic carbocycles. The number of para-hydroxylation sites is 1. The van der Waals surface area contributed by atoms with Gasteiger partial charge in [0.1, 0.15) is 11.7 Å². The SMILES string of the molecule is COC(=O)C1=C(C(N)=O)C2C=CC1(C(Nc1ccccc1)C1CCC1)O2. The fourth-order valence-electron chi connectivity index (χ4n) is 4.20. The molecule has 0 radical (unpaired) electrons. The third-order valence-electron chi connectivity index (χ3n) is 5.62. The van der Waals surface area contributed by atoms with Crippen molar-refractivity contribution in [1.82, 2.24) is 0 Å². The van der Waals surface area contributed by atoms with Crippen molar-refractivity contribution in [1.29, 1.82) is 0 Å². The number of ether oxygens (including phenoxy) is 2. The van der Waals surface area contributed by atoms with E-state index in [9.17, 15) is 9.59 Å². The van der Waals surface area contributed by atoms with Gasteiger partial charge in [0.25, 0.3) is 0 Å². The molecular formula is C20H22N2O4. The molecule has 2 bridgehead atoms. The average Bonchev–Trinajstić information content (AvgIpc) is 3.17. The molecule has 2 aliphatic heterocycles. The lowest BCUT2D eigenvalue weighted by Crippen LogP contribution is -2.53.